The molecule has 0 saturated heterocycles. The molecule has 0 atom stereocenters. The molecule has 14 heavy (non-hydrogen) atoms. The molecule has 0 aliphatic rings. The van der Waals surface area contributed by atoms with Crippen LogP contribution >= 0.6 is 0 Å². The van der Waals surface area contributed by atoms with Gasteiger partial charge in [0.1, 0.15) is 0 Å². The van der Waals surface area contributed by atoms with E-state index in [1.165, 1.54) is 0 Å². The van der Waals surface area contributed by atoms with E-state index >= 15 is 0 Å². The van der Waals surface area contributed by atoms with Crippen molar-refractivity contribution in [2.75, 3.05) is 6.54 Å². The smallest absolute Gasteiger partial charge is 0.219 e. The van der Waals surface area contributed by atoms with E-state index in [1.54, 1.807) is 12.5 Å². The van der Waals surface area contributed by atoms with Gasteiger partial charge in [-0.1, -0.05) is 6.92 Å². The van der Waals surface area contributed by atoms with Gasteiger partial charge in [0.05, 0.1) is 6.33 Å². The Morgan fingerprint density at radius 1 is 1.57 bits per heavy atom. The monoisotopic (exact) mass is 195 g/mol. The highest BCUT2D eigenvalue weighted by Gasteiger charge is 1.97. The molecule has 78 valence electrons. The highest BCUT2D eigenvalue weighted by atomic mass is 16.1. The number of carbonyl (C=O) groups is 1. The van der Waals surface area contributed by atoms with Crippen molar-refractivity contribution in [1.82, 2.24) is 14.9 Å². The third kappa shape index (κ3) is 4.07. The number of hydrogen-bond acceptors (Lipinski definition) is 2. The van der Waals surface area contributed by atoms with Gasteiger partial charge in [-0.2, -0.15) is 0 Å². The summed E-state index contributed by atoms with van der Waals surface area (Å²) in [4.78, 5) is 15.0. The van der Waals surface area contributed by atoms with Crippen LogP contribution in [0, 0.1) is 0 Å². The van der Waals surface area contributed by atoms with Crippen molar-refractivity contribution in [3.63, 3.8) is 0 Å². The second-order valence-electron chi connectivity index (χ2n) is 3.25. The topological polar surface area (TPSA) is 46.9 Å². The van der Waals surface area contributed by atoms with Gasteiger partial charge < -0.3 is 9.88 Å². The van der Waals surface area contributed by atoms with E-state index in [0.717, 1.165) is 25.9 Å². The van der Waals surface area contributed by atoms with E-state index in [1.807, 2.05) is 17.7 Å². The zero-order valence-corrected chi connectivity index (χ0v) is 8.57. The Balaban J connectivity index is 2.02. The van der Waals surface area contributed by atoms with Gasteiger partial charge in [-0.25, -0.2) is 4.98 Å². The van der Waals surface area contributed by atoms with Gasteiger partial charge in [0.25, 0.3) is 0 Å². The van der Waals surface area contributed by atoms with Gasteiger partial charge in [0, 0.05) is 31.9 Å². The summed E-state index contributed by atoms with van der Waals surface area (Å²) in [5.41, 5.74) is 0. The molecule has 1 aromatic rings. The Bertz CT molecular complexity index is 256. The molecule has 0 radical (unpaired) electrons. The van der Waals surface area contributed by atoms with Crippen molar-refractivity contribution < 1.29 is 4.79 Å². The lowest BCUT2D eigenvalue weighted by atomic mass is 10.3. The zero-order chi connectivity index (χ0) is 10.2. The Labute approximate surface area is 84.3 Å². The predicted octanol–water partition coefficient (Wildman–Crippen LogP) is 1.19. The molecule has 1 N–H and O–H groups in total. The number of hydrogen-bond donors (Lipinski definition) is 1. The fourth-order valence-electron chi connectivity index (χ4n) is 1.22. The number of imidazole rings is 1. The van der Waals surface area contributed by atoms with Gasteiger partial charge in [0.2, 0.25) is 5.91 Å². The summed E-state index contributed by atoms with van der Waals surface area (Å²) in [6.07, 6.45) is 7.96. The lowest BCUT2D eigenvalue weighted by molar-refractivity contribution is -0.121. The van der Waals surface area contributed by atoms with Crippen LogP contribution in [0.25, 0.3) is 0 Å². The van der Waals surface area contributed by atoms with Crippen LogP contribution in [0.15, 0.2) is 18.7 Å². The SMILES string of the molecule is CCCC(=O)NCCCn1ccnc1. The molecule has 0 bridgehead atoms. The summed E-state index contributed by atoms with van der Waals surface area (Å²) < 4.78 is 2.01. The number of nitrogens with one attached hydrogen (secondary N) is 1. The van der Waals surface area contributed by atoms with Crippen molar-refractivity contribution in [1.29, 1.82) is 0 Å². The summed E-state index contributed by atoms with van der Waals surface area (Å²) in [5.74, 6) is 0.151. The maximum Gasteiger partial charge on any atom is 0.219 e. The minimum absolute atomic E-state index is 0.151. The molecular weight excluding hydrogens is 178 g/mol. The minimum Gasteiger partial charge on any atom is -0.356 e. The quantitative estimate of drug-likeness (QED) is 0.693. The molecular formula is C10H17N3O. The maximum absolute atomic E-state index is 11.1. The van der Waals surface area contributed by atoms with Crippen molar-refractivity contribution in [2.45, 2.75) is 32.7 Å². The highest BCUT2D eigenvalue weighted by molar-refractivity contribution is 5.75. The third-order valence-corrected chi connectivity index (χ3v) is 1.95. The van der Waals surface area contributed by atoms with E-state index in [2.05, 4.69) is 10.3 Å². The molecule has 1 heterocycles. The van der Waals surface area contributed by atoms with Crippen LogP contribution in [-0.2, 0) is 11.3 Å². The van der Waals surface area contributed by atoms with E-state index in [-0.39, 0.29) is 5.91 Å². The first-order valence-electron chi connectivity index (χ1n) is 5.05. The van der Waals surface area contributed by atoms with Crippen LogP contribution in [0.5, 0.6) is 0 Å². The van der Waals surface area contributed by atoms with Crippen LogP contribution in [0.1, 0.15) is 26.2 Å². The molecule has 0 aromatic carbocycles. The summed E-state index contributed by atoms with van der Waals surface area (Å²) in [7, 11) is 0. The summed E-state index contributed by atoms with van der Waals surface area (Å²) >= 11 is 0. The van der Waals surface area contributed by atoms with Crippen LogP contribution in [-0.4, -0.2) is 22.0 Å². The fraction of sp³-hybridized carbons (Fsp3) is 0.600. The molecule has 4 nitrogen and oxygen atoms in total. The fourth-order valence-corrected chi connectivity index (χ4v) is 1.22. The normalized spacial score (nSPS) is 10.1. The van der Waals surface area contributed by atoms with E-state index in [0.29, 0.717) is 6.42 Å². The first kappa shape index (κ1) is 10.8. The second-order valence-corrected chi connectivity index (χ2v) is 3.25. The number of nitrogens with zero attached hydrogens (tertiary/aromatic N) is 2. The number of aryl methyl sites for hydroxylation is 1. The second kappa shape index (κ2) is 6.18. The molecule has 0 unspecified atom stereocenters. The van der Waals surface area contributed by atoms with Gasteiger partial charge in [-0.3, -0.25) is 4.79 Å². The van der Waals surface area contributed by atoms with Gasteiger partial charge in [0.15, 0.2) is 0 Å². The number of rotatable bonds is 6. The molecule has 0 spiro atoms. The lowest BCUT2D eigenvalue weighted by Gasteiger charge is -2.04. The average Bonchev–Trinajstić information content (AvgIpc) is 2.65. The predicted molar refractivity (Wildman–Crippen MR) is 54.8 cm³/mol. The molecule has 1 rings (SSSR count). The molecule has 0 saturated carbocycles. The molecule has 0 aliphatic heterocycles. The third-order valence-electron chi connectivity index (χ3n) is 1.95. The van der Waals surface area contributed by atoms with Gasteiger partial charge >= 0.3 is 0 Å². The standard InChI is InChI=1S/C10H17N3O/c1-2-4-10(14)12-5-3-7-13-8-6-11-9-13/h6,8-9H,2-5,7H2,1H3,(H,12,14). The van der Waals surface area contributed by atoms with Crippen LogP contribution in [0.4, 0.5) is 0 Å². The van der Waals surface area contributed by atoms with Crippen molar-refractivity contribution in [3.8, 4) is 0 Å². The maximum atomic E-state index is 11.1. The van der Waals surface area contributed by atoms with Crippen LogP contribution in [0.3, 0.4) is 0 Å². The van der Waals surface area contributed by atoms with Gasteiger partial charge in [-0.05, 0) is 12.8 Å². The van der Waals surface area contributed by atoms with E-state index in [4.69, 9.17) is 0 Å². The minimum atomic E-state index is 0.151. The van der Waals surface area contributed by atoms with Crippen molar-refractivity contribution in [3.05, 3.63) is 18.7 Å². The molecule has 0 aliphatic carbocycles. The molecule has 1 amide bonds. The Kier molecular flexibility index (Phi) is 4.75. The van der Waals surface area contributed by atoms with E-state index < -0.39 is 0 Å². The molecule has 0 fully saturated rings. The first-order chi connectivity index (χ1) is 6.83. The number of carbonyl (C=O) groups excluding carboxylic acids is 1. The highest BCUT2D eigenvalue weighted by Crippen LogP contribution is 1.90. The average molecular weight is 195 g/mol. The Morgan fingerprint density at radius 3 is 3.07 bits per heavy atom. The first-order valence-corrected chi connectivity index (χ1v) is 5.05. The van der Waals surface area contributed by atoms with Crippen molar-refractivity contribution in [2.24, 2.45) is 0 Å². The summed E-state index contributed by atoms with van der Waals surface area (Å²) in [6.45, 7) is 3.66. The summed E-state index contributed by atoms with van der Waals surface area (Å²) in [5, 5.41) is 2.87. The van der Waals surface area contributed by atoms with E-state index in [9.17, 15) is 4.79 Å². The van der Waals surface area contributed by atoms with Crippen LogP contribution < -0.4 is 5.32 Å². The summed E-state index contributed by atoms with van der Waals surface area (Å²) in [6, 6.07) is 0. The number of amides is 1. The lowest BCUT2D eigenvalue weighted by Crippen LogP contribution is -2.24. The molecule has 1 aromatic heterocycles. The van der Waals surface area contributed by atoms with Crippen molar-refractivity contribution >= 4 is 5.91 Å². The zero-order valence-electron chi connectivity index (χ0n) is 8.57. The largest absolute Gasteiger partial charge is 0.356 e. The van der Waals surface area contributed by atoms with Gasteiger partial charge in [-0.15, -0.1) is 0 Å². The van der Waals surface area contributed by atoms with Crippen LogP contribution in [0.2, 0.25) is 0 Å². The number of aromatic nitrogens is 2. The molecule has 4 heteroatoms. The Hall–Kier alpha value is -1.32. The Morgan fingerprint density at radius 2 is 2.43 bits per heavy atom.